The minimum absolute atomic E-state index is 0.375. The SMILES string of the molecule is CC(NCc1ccc(-n2ccnc2)cc1)C1CCCO1. The van der Waals surface area contributed by atoms with Crippen molar-refractivity contribution in [1.82, 2.24) is 14.9 Å². The first-order chi connectivity index (χ1) is 9.83. The summed E-state index contributed by atoms with van der Waals surface area (Å²) >= 11 is 0. The molecule has 1 aromatic carbocycles. The highest BCUT2D eigenvalue weighted by atomic mass is 16.5. The van der Waals surface area contributed by atoms with E-state index in [0.717, 1.165) is 18.8 Å². The van der Waals surface area contributed by atoms with Crippen LogP contribution in [0.15, 0.2) is 43.0 Å². The Balaban J connectivity index is 1.55. The van der Waals surface area contributed by atoms with Crippen molar-refractivity contribution >= 4 is 0 Å². The smallest absolute Gasteiger partial charge is 0.0991 e. The van der Waals surface area contributed by atoms with Gasteiger partial charge in [-0.1, -0.05) is 12.1 Å². The standard InChI is InChI=1S/C16H21N3O/c1-13(16-3-2-10-20-16)18-11-14-4-6-15(7-5-14)19-9-8-17-12-19/h4-9,12-13,16,18H,2-3,10-11H2,1H3. The van der Waals surface area contributed by atoms with Crippen LogP contribution in [0, 0.1) is 0 Å². The maximum Gasteiger partial charge on any atom is 0.0991 e. The Morgan fingerprint density at radius 3 is 2.90 bits per heavy atom. The van der Waals surface area contributed by atoms with Crippen LogP contribution in [-0.4, -0.2) is 28.3 Å². The van der Waals surface area contributed by atoms with Crippen molar-refractivity contribution in [3.05, 3.63) is 48.5 Å². The van der Waals surface area contributed by atoms with Crippen LogP contribution >= 0.6 is 0 Å². The molecule has 0 bridgehead atoms. The van der Waals surface area contributed by atoms with Crippen LogP contribution in [-0.2, 0) is 11.3 Å². The second-order valence-electron chi connectivity index (χ2n) is 5.36. The molecule has 0 aliphatic carbocycles. The van der Waals surface area contributed by atoms with Crippen LogP contribution in [0.2, 0.25) is 0 Å². The van der Waals surface area contributed by atoms with E-state index in [-0.39, 0.29) is 0 Å². The molecular formula is C16H21N3O. The molecule has 0 spiro atoms. The highest BCUT2D eigenvalue weighted by molar-refractivity contribution is 5.34. The Kier molecular flexibility index (Phi) is 4.14. The van der Waals surface area contributed by atoms with Crippen molar-refractivity contribution < 1.29 is 4.74 Å². The fraction of sp³-hybridized carbons (Fsp3) is 0.438. The third-order valence-electron chi connectivity index (χ3n) is 3.89. The summed E-state index contributed by atoms with van der Waals surface area (Å²) in [5.41, 5.74) is 2.43. The zero-order valence-electron chi connectivity index (χ0n) is 11.8. The summed E-state index contributed by atoms with van der Waals surface area (Å²) in [4.78, 5) is 4.06. The molecule has 3 rings (SSSR count). The molecule has 1 saturated heterocycles. The van der Waals surface area contributed by atoms with E-state index < -0.39 is 0 Å². The molecule has 1 aliphatic rings. The lowest BCUT2D eigenvalue weighted by Gasteiger charge is -2.20. The van der Waals surface area contributed by atoms with Crippen molar-refractivity contribution in [1.29, 1.82) is 0 Å². The summed E-state index contributed by atoms with van der Waals surface area (Å²) in [6.45, 7) is 4.00. The highest BCUT2D eigenvalue weighted by Crippen LogP contribution is 2.16. The number of hydrogen-bond acceptors (Lipinski definition) is 3. The number of ether oxygens (including phenoxy) is 1. The van der Waals surface area contributed by atoms with Gasteiger partial charge in [-0.25, -0.2) is 4.98 Å². The molecule has 0 amide bonds. The van der Waals surface area contributed by atoms with Gasteiger partial charge in [0.05, 0.1) is 12.4 Å². The quantitative estimate of drug-likeness (QED) is 0.908. The Bertz CT molecular complexity index is 515. The molecule has 1 aromatic heterocycles. The summed E-state index contributed by atoms with van der Waals surface area (Å²) in [5, 5.41) is 3.55. The van der Waals surface area contributed by atoms with Crippen molar-refractivity contribution in [2.45, 2.75) is 38.5 Å². The van der Waals surface area contributed by atoms with Gasteiger partial charge in [0, 0.05) is 37.3 Å². The molecule has 1 aliphatic heterocycles. The molecule has 2 atom stereocenters. The highest BCUT2D eigenvalue weighted by Gasteiger charge is 2.21. The van der Waals surface area contributed by atoms with Crippen molar-refractivity contribution in [3.8, 4) is 5.69 Å². The van der Waals surface area contributed by atoms with E-state index in [2.05, 4.69) is 41.5 Å². The number of hydrogen-bond donors (Lipinski definition) is 1. The van der Waals surface area contributed by atoms with E-state index in [1.54, 1.807) is 6.20 Å². The molecule has 2 aromatic rings. The third kappa shape index (κ3) is 3.08. The van der Waals surface area contributed by atoms with Gasteiger partial charge in [0.25, 0.3) is 0 Å². The fourth-order valence-corrected chi connectivity index (χ4v) is 2.60. The van der Waals surface area contributed by atoms with Gasteiger partial charge in [-0.15, -0.1) is 0 Å². The van der Waals surface area contributed by atoms with Crippen molar-refractivity contribution in [2.75, 3.05) is 6.61 Å². The number of benzene rings is 1. The Morgan fingerprint density at radius 2 is 2.25 bits per heavy atom. The predicted octanol–water partition coefficient (Wildman–Crippen LogP) is 2.53. The topological polar surface area (TPSA) is 39.1 Å². The van der Waals surface area contributed by atoms with E-state index >= 15 is 0 Å². The van der Waals surface area contributed by atoms with Crippen molar-refractivity contribution in [2.24, 2.45) is 0 Å². The van der Waals surface area contributed by atoms with Crippen LogP contribution in [0.3, 0.4) is 0 Å². The first-order valence-corrected chi connectivity index (χ1v) is 7.25. The average Bonchev–Trinajstić information content (AvgIpc) is 3.18. The largest absolute Gasteiger partial charge is 0.377 e. The molecule has 1 N–H and O–H groups in total. The third-order valence-corrected chi connectivity index (χ3v) is 3.89. The van der Waals surface area contributed by atoms with E-state index in [4.69, 9.17) is 4.74 Å². The van der Waals surface area contributed by atoms with Gasteiger partial charge in [-0.3, -0.25) is 0 Å². The molecule has 20 heavy (non-hydrogen) atoms. The van der Waals surface area contributed by atoms with Gasteiger partial charge < -0.3 is 14.6 Å². The van der Waals surface area contributed by atoms with Crippen LogP contribution in [0.25, 0.3) is 5.69 Å². The molecule has 2 heterocycles. The van der Waals surface area contributed by atoms with Gasteiger partial charge in [0.15, 0.2) is 0 Å². The molecule has 4 nitrogen and oxygen atoms in total. The number of rotatable bonds is 5. The lowest BCUT2D eigenvalue weighted by atomic mass is 10.1. The molecule has 1 fully saturated rings. The van der Waals surface area contributed by atoms with Gasteiger partial charge in [-0.2, -0.15) is 0 Å². The summed E-state index contributed by atoms with van der Waals surface area (Å²) in [6.07, 6.45) is 8.29. The molecule has 0 saturated carbocycles. The van der Waals surface area contributed by atoms with Crippen LogP contribution in [0.1, 0.15) is 25.3 Å². The maximum atomic E-state index is 5.70. The number of nitrogens with zero attached hydrogens (tertiary/aromatic N) is 2. The van der Waals surface area contributed by atoms with E-state index in [9.17, 15) is 0 Å². The monoisotopic (exact) mass is 271 g/mol. The Labute approximate surface area is 119 Å². The van der Waals surface area contributed by atoms with Crippen molar-refractivity contribution in [3.63, 3.8) is 0 Å². The Morgan fingerprint density at radius 1 is 1.40 bits per heavy atom. The summed E-state index contributed by atoms with van der Waals surface area (Å²) in [5.74, 6) is 0. The summed E-state index contributed by atoms with van der Waals surface area (Å²) < 4.78 is 7.70. The molecule has 4 heteroatoms. The van der Waals surface area contributed by atoms with Gasteiger partial charge in [-0.05, 0) is 37.5 Å². The van der Waals surface area contributed by atoms with Crippen LogP contribution in [0.4, 0.5) is 0 Å². The van der Waals surface area contributed by atoms with Crippen LogP contribution in [0.5, 0.6) is 0 Å². The summed E-state index contributed by atoms with van der Waals surface area (Å²) in [7, 11) is 0. The minimum Gasteiger partial charge on any atom is -0.377 e. The van der Waals surface area contributed by atoms with E-state index in [1.165, 1.54) is 18.4 Å². The van der Waals surface area contributed by atoms with E-state index in [1.807, 2.05) is 17.1 Å². The molecule has 0 radical (unpaired) electrons. The lowest BCUT2D eigenvalue weighted by molar-refractivity contribution is 0.0832. The molecular weight excluding hydrogens is 250 g/mol. The molecule has 106 valence electrons. The first-order valence-electron chi connectivity index (χ1n) is 7.25. The second-order valence-corrected chi connectivity index (χ2v) is 5.36. The summed E-state index contributed by atoms with van der Waals surface area (Å²) in [6, 6.07) is 8.96. The second kappa shape index (κ2) is 6.20. The van der Waals surface area contributed by atoms with Gasteiger partial charge in [0.1, 0.15) is 0 Å². The van der Waals surface area contributed by atoms with Crippen LogP contribution < -0.4 is 5.32 Å². The first kappa shape index (κ1) is 13.3. The van der Waals surface area contributed by atoms with Gasteiger partial charge >= 0.3 is 0 Å². The normalized spacial score (nSPS) is 20.1. The van der Waals surface area contributed by atoms with E-state index in [0.29, 0.717) is 12.1 Å². The maximum absolute atomic E-state index is 5.70. The number of aromatic nitrogens is 2. The average molecular weight is 271 g/mol. The number of nitrogens with one attached hydrogen (secondary N) is 1. The predicted molar refractivity (Wildman–Crippen MR) is 78.8 cm³/mol. The van der Waals surface area contributed by atoms with Gasteiger partial charge in [0.2, 0.25) is 0 Å². The zero-order chi connectivity index (χ0) is 13.8. The molecule has 2 unspecified atom stereocenters. The fourth-order valence-electron chi connectivity index (χ4n) is 2.60. The number of imidazole rings is 1. The minimum atomic E-state index is 0.375. The Hall–Kier alpha value is -1.65. The lowest BCUT2D eigenvalue weighted by Crippen LogP contribution is -2.36. The zero-order valence-corrected chi connectivity index (χ0v) is 11.8.